The molecule has 0 saturated carbocycles. The average Bonchev–Trinajstić information content (AvgIpc) is 2.71. The fourth-order valence-electron chi connectivity index (χ4n) is 3.05. The smallest absolute Gasteiger partial charge is 0.169 e. The zero-order valence-corrected chi connectivity index (χ0v) is 16.4. The van der Waals surface area contributed by atoms with Gasteiger partial charge in [0.05, 0.1) is 13.2 Å². The Labute approximate surface area is 163 Å². The highest BCUT2D eigenvalue weighted by Gasteiger charge is 2.04. The molecule has 0 amide bonds. The molecule has 0 bridgehead atoms. The Hall–Kier alpha value is -2.17. The van der Waals surface area contributed by atoms with E-state index in [2.05, 4.69) is 60.3 Å². The third-order valence-electron chi connectivity index (χ3n) is 4.65. The Morgan fingerprint density at radius 1 is 0.815 bits per heavy atom. The van der Waals surface area contributed by atoms with E-state index >= 15 is 0 Å². The van der Waals surface area contributed by atoms with Crippen molar-refractivity contribution in [3.8, 4) is 0 Å². The number of aliphatic hydroxyl groups excluding tert-OH is 2. The van der Waals surface area contributed by atoms with Crippen LogP contribution in [0.2, 0.25) is 0 Å². The maximum Gasteiger partial charge on any atom is 0.169 e. The molecule has 4 nitrogen and oxygen atoms in total. The summed E-state index contributed by atoms with van der Waals surface area (Å²) in [6, 6.07) is 12.5. The molecule has 0 saturated heterocycles. The fraction of sp³-hybridized carbons (Fsp3) is 0.435. The first kappa shape index (κ1) is 21.1. The van der Waals surface area contributed by atoms with Crippen LogP contribution in [-0.4, -0.2) is 36.5 Å². The van der Waals surface area contributed by atoms with Gasteiger partial charge in [0.25, 0.3) is 0 Å². The molecule has 0 atom stereocenters. The molecule has 2 aromatic rings. The Bertz CT molecular complexity index is 660. The first-order valence-corrected chi connectivity index (χ1v) is 10.0. The number of benzene rings is 1. The van der Waals surface area contributed by atoms with Crippen LogP contribution in [0.15, 0.2) is 48.8 Å². The maximum absolute atomic E-state index is 9.14. The van der Waals surface area contributed by atoms with E-state index in [-0.39, 0.29) is 13.2 Å². The second-order valence-electron chi connectivity index (χ2n) is 6.79. The number of aryl methyl sites for hydroxylation is 1. The van der Waals surface area contributed by atoms with Crippen LogP contribution in [-0.2, 0) is 6.54 Å². The number of rotatable bonds is 12. The number of nitrogens with zero attached hydrogens (tertiary/aromatic N) is 2. The van der Waals surface area contributed by atoms with Crippen LogP contribution in [0.3, 0.4) is 0 Å². The summed E-state index contributed by atoms with van der Waals surface area (Å²) in [7, 11) is 0. The van der Waals surface area contributed by atoms with E-state index in [1.165, 1.54) is 31.2 Å². The van der Waals surface area contributed by atoms with Crippen molar-refractivity contribution >= 4 is 17.8 Å². The zero-order valence-electron chi connectivity index (χ0n) is 16.4. The highest BCUT2D eigenvalue weighted by atomic mass is 16.3. The predicted molar refractivity (Wildman–Crippen MR) is 113 cm³/mol. The molecule has 4 heteroatoms. The second-order valence-corrected chi connectivity index (χ2v) is 6.79. The van der Waals surface area contributed by atoms with Crippen molar-refractivity contribution in [1.82, 2.24) is 0 Å². The topological polar surface area (TPSA) is 47.6 Å². The Morgan fingerprint density at radius 2 is 1.41 bits per heavy atom. The summed E-state index contributed by atoms with van der Waals surface area (Å²) >= 11 is 0. The van der Waals surface area contributed by atoms with Crippen molar-refractivity contribution in [2.75, 3.05) is 31.2 Å². The minimum Gasteiger partial charge on any atom is -0.395 e. The Kier molecular flexibility index (Phi) is 9.60. The molecule has 146 valence electrons. The molecule has 2 rings (SSSR count). The van der Waals surface area contributed by atoms with E-state index in [4.69, 9.17) is 10.2 Å². The number of anilines is 1. The average molecular weight is 370 g/mol. The number of hydrogen-bond acceptors (Lipinski definition) is 3. The number of unbranched alkanes of at least 4 members (excludes halogenated alkanes) is 3. The van der Waals surface area contributed by atoms with E-state index in [0.29, 0.717) is 13.1 Å². The molecular weight excluding hydrogens is 336 g/mol. The standard InChI is InChI=1S/C23H33N2O2/c1-2-3-4-5-14-24-15-12-22(13-16-24)7-6-21-8-10-23(11-9-21)25(17-19-26)18-20-27/h6-13,15-16,26-27H,2-5,14,17-20H2,1H3/q+1. The van der Waals surface area contributed by atoms with Gasteiger partial charge in [-0.05, 0) is 29.7 Å². The lowest BCUT2D eigenvalue weighted by Crippen LogP contribution is -2.32. The molecule has 0 fully saturated rings. The largest absolute Gasteiger partial charge is 0.395 e. The first-order chi connectivity index (χ1) is 13.3. The predicted octanol–water partition coefficient (Wildman–Crippen LogP) is 3.52. The monoisotopic (exact) mass is 369 g/mol. The van der Waals surface area contributed by atoms with Gasteiger partial charge in [-0.1, -0.05) is 44.1 Å². The lowest BCUT2D eigenvalue weighted by atomic mass is 10.1. The summed E-state index contributed by atoms with van der Waals surface area (Å²) < 4.78 is 2.25. The molecule has 1 aromatic heterocycles. The molecule has 0 aliphatic rings. The molecule has 1 aromatic carbocycles. The normalized spacial score (nSPS) is 11.2. The quantitative estimate of drug-likeness (QED) is 0.445. The van der Waals surface area contributed by atoms with E-state index < -0.39 is 0 Å². The zero-order chi connectivity index (χ0) is 19.3. The van der Waals surface area contributed by atoms with Crippen molar-refractivity contribution in [2.45, 2.75) is 39.2 Å². The van der Waals surface area contributed by atoms with Gasteiger partial charge in [-0.3, -0.25) is 0 Å². The summed E-state index contributed by atoms with van der Waals surface area (Å²) in [6.07, 6.45) is 13.7. The Balaban J connectivity index is 1.91. The fourth-order valence-corrected chi connectivity index (χ4v) is 3.05. The van der Waals surface area contributed by atoms with Crippen molar-refractivity contribution in [1.29, 1.82) is 0 Å². The van der Waals surface area contributed by atoms with Gasteiger partial charge in [0, 0.05) is 37.3 Å². The van der Waals surface area contributed by atoms with Gasteiger partial charge in [-0.25, -0.2) is 4.57 Å². The minimum atomic E-state index is 0.0776. The SMILES string of the molecule is CCCCCC[n+]1ccc(/C=C/c2ccc(N(CCO)CCO)cc2)cc1. The lowest BCUT2D eigenvalue weighted by molar-refractivity contribution is -0.697. The van der Waals surface area contributed by atoms with Crippen LogP contribution >= 0.6 is 0 Å². The van der Waals surface area contributed by atoms with Crippen LogP contribution in [0.25, 0.3) is 12.2 Å². The molecule has 0 spiro atoms. The van der Waals surface area contributed by atoms with Gasteiger partial charge >= 0.3 is 0 Å². The van der Waals surface area contributed by atoms with Gasteiger partial charge in [-0.15, -0.1) is 0 Å². The van der Waals surface area contributed by atoms with Crippen LogP contribution in [0.4, 0.5) is 5.69 Å². The van der Waals surface area contributed by atoms with Crippen molar-refractivity contribution in [3.63, 3.8) is 0 Å². The molecule has 0 unspecified atom stereocenters. The number of aliphatic hydroxyl groups is 2. The maximum atomic E-state index is 9.14. The molecule has 2 N–H and O–H groups in total. The summed E-state index contributed by atoms with van der Waals surface area (Å²) in [5.74, 6) is 0. The van der Waals surface area contributed by atoms with E-state index in [1.807, 2.05) is 17.0 Å². The minimum absolute atomic E-state index is 0.0776. The van der Waals surface area contributed by atoms with E-state index in [9.17, 15) is 0 Å². The summed E-state index contributed by atoms with van der Waals surface area (Å²) in [5.41, 5.74) is 3.33. The molecule has 0 aliphatic carbocycles. The van der Waals surface area contributed by atoms with Gasteiger partial charge < -0.3 is 15.1 Å². The van der Waals surface area contributed by atoms with Crippen molar-refractivity contribution < 1.29 is 14.8 Å². The molecule has 0 aliphatic heterocycles. The van der Waals surface area contributed by atoms with Crippen molar-refractivity contribution in [2.24, 2.45) is 0 Å². The highest BCUT2D eigenvalue weighted by molar-refractivity contribution is 5.70. The van der Waals surface area contributed by atoms with Crippen LogP contribution < -0.4 is 9.47 Å². The molecular formula is C23H33N2O2+. The highest BCUT2D eigenvalue weighted by Crippen LogP contribution is 2.16. The molecule has 1 heterocycles. The van der Waals surface area contributed by atoms with Gasteiger partial charge in [0.1, 0.15) is 6.54 Å². The summed E-state index contributed by atoms with van der Waals surface area (Å²) in [5, 5.41) is 18.3. The Morgan fingerprint density at radius 3 is 1.96 bits per heavy atom. The molecule has 27 heavy (non-hydrogen) atoms. The first-order valence-electron chi connectivity index (χ1n) is 10.0. The van der Waals surface area contributed by atoms with Crippen LogP contribution in [0.5, 0.6) is 0 Å². The lowest BCUT2D eigenvalue weighted by Gasteiger charge is -2.22. The molecule has 0 radical (unpaired) electrons. The van der Waals surface area contributed by atoms with E-state index in [1.54, 1.807) is 0 Å². The number of hydrogen-bond donors (Lipinski definition) is 2. The van der Waals surface area contributed by atoms with Crippen LogP contribution in [0.1, 0.15) is 43.7 Å². The van der Waals surface area contributed by atoms with Gasteiger partial charge in [0.15, 0.2) is 12.4 Å². The summed E-state index contributed by atoms with van der Waals surface area (Å²) in [4.78, 5) is 1.98. The third-order valence-corrected chi connectivity index (χ3v) is 4.65. The van der Waals surface area contributed by atoms with Gasteiger partial charge in [-0.2, -0.15) is 0 Å². The van der Waals surface area contributed by atoms with Crippen molar-refractivity contribution in [3.05, 3.63) is 59.9 Å². The number of pyridine rings is 1. The van der Waals surface area contributed by atoms with E-state index in [0.717, 1.165) is 17.8 Å². The second kappa shape index (κ2) is 12.3. The number of aromatic nitrogens is 1. The third kappa shape index (κ3) is 7.53. The van der Waals surface area contributed by atoms with Gasteiger partial charge in [0.2, 0.25) is 0 Å². The summed E-state index contributed by atoms with van der Waals surface area (Å²) in [6.45, 7) is 4.53. The van der Waals surface area contributed by atoms with Crippen LogP contribution in [0, 0.1) is 0 Å².